The second-order valence-electron chi connectivity index (χ2n) is 5.06. The number of rotatable bonds is 10. The van der Waals surface area contributed by atoms with Crippen LogP contribution in [0.5, 0.6) is 0 Å². The van der Waals surface area contributed by atoms with Gasteiger partial charge in [-0.1, -0.05) is 26.8 Å². The summed E-state index contributed by atoms with van der Waals surface area (Å²) in [5.74, 6) is 0. The van der Waals surface area contributed by atoms with E-state index in [2.05, 4.69) is 68.5 Å². The molecular formula is C16H27IO3Si. The van der Waals surface area contributed by atoms with Crippen molar-refractivity contribution in [3.63, 3.8) is 0 Å². The SMILES string of the molecule is CCCO[Si](OCCC)(OCCC)c1cc(I)ccc1C. The van der Waals surface area contributed by atoms with Crippen LogP contribution in [-0.4, -0.2) is 28.6 Å². The molecule has 3 nitrogen and oxygen atoms in total. The fourth-order valence-electron chi connectivity index (χ4n) is 1.99. The van der Waals surface area contributed by atoms with Gasteiger partial charge in [0.15, 0.2) is 0 Å². The summed E-state index contributed by atoms with van der Waals surface area (Å²) in [7, 11) is -2.82. The van der Waals surface area contributed by atoms with Gasteiger partial charge in [-0.3, -0.25) is 0 Å². The highest BCUT2D eigenvalue weighted by atomic mass is 127. The molecule has 0 unspecified atom stereocenters. The number of hydrogen-bond donors (Lipinski definition) is 0. The molecule has 1 rings (SSSR count). The predicted octanol–water partition coefficient (Wildman–Crippen LogP) is 4.03. The minimum Gasteiger partial charge on any atom is -0.370 e. The van der Waals surface area contributed by atoms with E-state index in [1.165, 1.54) is 9.13 Å². The quantitative estimate of drug-likeness (QED) is 0.421. The summed E-state index contributed by atoms with van der Waals surface area (Å²) in [6, 6.07) is 6.39. The van der Waals surface area contributed by atoms with E-state index in [0.29, 0.717) is 19.8 Å². The Hall–Kier alpha value is 0.0469. The molecule has 120 valence electrons. The van der Waals surface area contributed by atoms with Crippen molar-refractivity contribution in [2.75, 3.05) is 19.8 Å². The van der Waals surface area contributed by atoms with Gasteiger partial charge in [0.05, 0.1) is 0 Å². The maximum absolute atomic E-state index is 6.20. The first-order chi connectivity index (χ1) is 10.1. The second kappa shape index (κ2) is 9.94. The molecule has 0 saturated carbocycles. The molecule has 0 N–H and O–H groups in total. The minimum atomic E-state index is -2.82. The lowest BCUT2D eigenvalue weighted by Gasteiger charge is -2.31. The summed E-state index contributed by atoms with van der Waals surface area (Å²) in [5.41, 5.74) is 1.19. The van der Waals surface area contributed by atoms with Crippen molar-refractivity contribution in [3.05, 3.63) is 27.3 Å². The molecule has 5 heteroatoms. The molecule has 0 atom stereocenters. The highest BCUT2D eigenvalue weighted by Gasteiger charge is 2.45. The Kier molecular flexibility index (Phi) is 9.04. The molecule has 0 saturated heterocycles. The summed E-state index contributed by atoms with van der Waals surface area (Å²) in [6.45, 7) is 10.5. The van der Waals surface area contributed by atoms with E-state index in [-0.39, 0.29) is 0 Å². The number of benzene rings is 1. The van der Waals surface area contributed by atoms with E-state index < -0.39 is 8.80 Å². The van der Waals surface area contributed by atoms with Crippen molar-refractivity contribution < 1.29 is 13.3 Å². The first kappa shape index (κ1) is 19.1. The topological polar surface area (TPSA) is 27.7 Å². The smallest absolute Gasteiger partial charge is 0.370 e. The lowest BCUT2D eigenvalue weighted by Crippen LogP contribution is -2.58. The van der Waals surface area contributed by atoms with Crippen molar-refractivity contribution >= 4 is 36.6 Å². The zero-order valence-electron chi connectivity index (χ0n) is 13.6. The Morgan fingerprint density at radius 3 is 1.81 bits per heavy atom. The van der Waals surface area contributed by atoms with E-state index in [1.807, 2.05) is 0 Å². The molecule has 0 heterocycles. The van der Waals surface area contributed by atoms with Crippen LogP contribution in [0, 0.1) is 10.5 Å². The Bertz CT molecular complexity index is 404. The van der Waals surface area contributed by atoms with Gasteiger partial charge in [-0.2, -0.15) is 0 Å². The molecular weight excluding hydrogens is 395 g/mol. The molecule has 0 aromatic heterocycles. The zero-order valence-corrected chi connectivity index (χ0v) is 16.7. The average Bonchev–Trinajstić information content (AvgIpc) is 2.49. The van der Waals surface area contributed by atoms with E-state index in [9.17, 15) is 0 Å². The fourth-order valence-corrected chi connectivity index (χ4v) is 5.81. The highest BCUT2D eigenvalue weighted by Crippen LogP contribution is 2.17. The largest absolute Gasteiger partial charge is 0.537 e. The third-order valence-corrected chi connectivity index (χ3v) is 6.64. The lowest BCUT2D eigenvalue weighted by atomic mass is 10.2. The van der Waals surface area contributed by atoms with Crippen molar-refractivity contribution in [2.45, 2.75) is 47.0 Å². The van der Waals surface area contributed by atoms with Crippen LogP contribution < -0.4 is 5.19 Å². The Morgan fingerprint density at radius 2 is 1.38 bits per heavy atom. The third-order valence-electron chi connectivity index (χ3n) is 3.02. The third kappa shape index (κ3) is 5.63. The van der Waals surface area contributed by atoms with Crippen molar-refractivity contribution in [2.24, 2.45) is 0 Å². The minimum absolute atomic E-state index is 0.671. The van der Waals surface area contributed by atoms with Crippen LogP contribution in [0.25, 0.3) is 0 Å². The Morgan fingerprint density at radius 1 is 0.905 bits per heavy atom. The van der Waals surface area contributed by atoms with Gasteiger partial charge >= 0.3 is 8.80 Å². The van der Waals surface area contributed by atoms with Crippen LogP contribution in [0.1, 0.15) is 45.6 Å². The molecule has 0 bridgehead atoms. The van der Waals surface area contributed by atoms with Crippen LogP contribution in [0.15, 0.2) is 18.2 Å². The standard InChI is InChI=1S/C16H27IO3Si/c1-5-10-18-21(19-11-6-2,20-12-7-3)16-13-15(17)9-8-14(16)4/h8-9,13H,5-7,10-12H2,1-4H3. The Balaban J connectivity index is 3.19. The first-order valence-electron chi connectivity index (χ1n) is 7.78. The summed E-state index contributed by atoms with van der Waals surface area (Å²) in [6.07, 6.45) is 2.88. The summed E-state index contributed by atoms with van der Waals surface area (Å²) in [5, 5.41) is 1.12. The van der Waals surface area contributed by atoms with E-state index in [1.54, 1.807) is 0 Å². The molecule has 0 amide bonds. The molecule has 0 aliphatic rings. The van der Waals surface area contributed by atoms with Crippen molar-refractivity contribution in [3.8, 4) is 0 Å². The molecule has 0 aliphatic heterocycles. The zero-order chi connectivity index (χ0) is 15.7. The molecule has 0 aliphatic carbocycles. The van der Waals surface area contributed by atoms with E-state index in [4.69, 9.17) is 13.3 Å². The van der Waals surface area contributed by atoms with E-state index in [0.717, 1.165) is 24.4 Å². The number of halogens is 1. The van der Waals surface area contributed by atoms with Crippen LogP contribution in [0.2, 0.25) is 0 Å². The number of aryl methyl sites for hydroxylation is 1. The monoisotopic (exact) mass is 422 g/mol. The highest BCUT2D eigenvalue weighted by molar-refractivity contribution is 14.1. The molecule has 0 radical (unpaired) electrons. The molecule has 1 aromatic carbocycles. The Labute approximate surface area is 143 Å². The molecule has 21 heavy (non-hydrogen) atoms. The lowest BCUT2D eigenvalue weighted by molar-refractivity contribution is 0.0730. The average molecular weight is 422 g/mol. The van der Waals surface area contributed by atoms with Crippen molar-refractivity contribution in [1.29, 1.82) is 0 Å². The summed E-state index contributed by atoms with van der Waals surface area (Å²) >= 11 is 2.33. The van der Waals surface area contributed by atoms with Gasteiger partial charge in [0.25, 0.3) is 0 Å². The van der Waals surface area contributed by atoms with Gasteiger partial charge in [-0.15, -0.1) is 0 Å². The maximum atomic E-state index is 6.20. The summed E-state index contributed by atoms with van der Waals surface area (Å²) < 4.78 is 19.8. The van der Waals surface area contributed by atoms with Crippen molar-refractivity contribution in [1.82, 2.24) is 0 Å². The summed E-state index contributed by atoms with van der Waals surface area (Å²) in [4.78, 5) is 0. The van der Waals surface area contributed by atoms with Gasteiger partial charge in [-0.25, -0.2) is 0 Å². The van der Waals surface area contributed by atoms with Gasteiger partial charge in [0, 0.05) is 28.6 Å². The maximum Gasteiger partial charge on any atom is 0.537 e. The fraction of sp³-hybridized carbons (Fsp3) is 0.625. The van der Waals surface area contributed by atoms with Gasteiger partial charge in [0.2, 0.25) is 0 Å². The van der Waals surface area contributed by atoms with Crippen LogP contribution in [-0.2, 0) is 13.3 Å². The van der Waals surface area contributed by atoms with Gasteiger partial charge < -0.3 is 13.3 Å². The van der Waals surface area contributed by atoms with Crippen LogP contribution in [0.3, 0.4) is 0 Å². The van der Waals surface area contributed by atoms with E-state index >= 15 is 0 Å². The van der Waals surface area contributed by atoms with Gasteiger partial charge in [-0.05, 0) is 66.5 Å². The first-order valence-corrected chi connectivity index (χ1v) is 10.6. The van der Waals surface area contributed by atoms with Crippen LogP contribution in [0.4, 0.5) is 0 Å². The predicted molar refractivity (Wildman–Crippen MR) is 98.0 cm³/mol. The molecule has 0 fully saturated rings. The normalized spacial score (nSPS) is 11.9. The second-order valence-corrected chi connectivity index (χ2v) is 8.82. The molecule has 1 aromatic rings. The van der Waals surface area contributed by atoms with Gasteiger partial charge in [0.1, 0.15) is 0 Å². The van der Waals surface area contributed by atoms with Crippen LogP contribution >= 0.6 is 22.6 Å². The molecule has 0 spiro atoms. The number of hydrogen-bond acceptors (Lipinski definition) is 3.